The number of halogens is 1. The van der Waals surface area contributed by atoms with Gasteiger partial charge in [-0.15, -0.1) is 5.10 Å². The fourth-order valence-corrected chi connectivity index (χ4v) is 4.32. The van der Waals surface area contributed by atoms with Crippen LogP contribution in [0.3, 0.4) is 0 Å². The first-order chi connectivity index (χ1) is 14.6. The molecule has 0 aliphatic carbocycles. The smallest absolute Gasteiger partial charge is 0.234 e. The number of aromatic nitrogens is 4. The molecule has 0 bridgehead atoms. The molecule has 1 aromatic heterocycles. The molecule has 4 rings (SSSR count). The van der Waals surface area contributed by atoms with E-state index in [2.05, 4.69) is 25.7 Å². The number of piperidine rings is 1. The second kappa shape index (κ2) is 9.49. The molecule has 2 aromatic carbocycles. The number of carbonyl (C=O) groups is 1. The highest BCUT2D eigenvalue weighted by Crippen LogP contribution is 2.31. The average molecular weight is 443 g/mol. The molecule has 1 amide bonds. The fourth-order valence-electron chi connectivity index (χ4n) is 3.45. The maximum atomic E-state index is 12.7. The summed E-state index contributed by atoms with van der Waals surface area (Å²) in [7, 11) is 0. The van der Waals surface area contributed by atoms with Crippen LogP contribution in [0.5, 0.6) is 0 Å². The Balaban J connectivity index is 1.43. The van der Waals surface area contributed by atoms with Gasteiger partial charge in [-0.2, -0.15) is 4.68 Å². The normalized spacial score (nSPS) is 14.0. The van der Waals surface area contributed by atoms with Gasteiger partial charge in [-0.25, -0.2) is 0 Å². The van der Waals surface area contributed by atoms with E-state index in [0.717, 1.165) is 48.6 Å². The van der Waals surface area contributed by atoms with Gasteiger partial charge in [0.2, 0.25) is 11.1 Å². The van der Waals surface area contributed by atoms with Crippen molar-refractivity contribution in [2.75, 3.05) is 29.1 Å². The Hall–Kier alpha value is -2.58. The third kappa shape index (κ3) is 4.94. The first-order valence-corrected chi connectivity index (χ1v) is 11.3. The van der Waals surface area contributed by atoms with Gasteiger partial charge in [-0.3, -0.25) is 4.79 Å². The quantitative estimate of drug-likeness (QED) is 0.572. The van der Waals surface area contributed by atoms with Crippen molar-refractivity contribution in [3.8, 4) is 5.69 Å². The zero-order valence-electron chi connectivity index (χ0n) is 16.7. The Morgan fingerprint density at radius 3 is 2.67 bits per heavy atom. The molecular formula is C21H23ClN6OS. The van der Waals surface area contributed by atoms with Crippen LogP contribution >= 0.6 is 23.4 Å². The number of tetrazole rings is 1. The first-order valence-electron chi connectivity index (χ1n) is 9.93. The number of thioether (sulfide) groups is 1. The minimum Gasteiger partial charge on any atom is -0.370 e. The van der Waals surface area contributed by atoms with Crippen molar-refractivity contribution in [2.24, 2.45) is 0 Å². The number of aryl methyl sites for hydroxylation is 1. The van der Waals surface area contributed by atoms with Gasteiger partial charge >= 0.3 is 0 Å². The van der Waals surface area contributed by atoms with Crippen LogP contribution in [0.2, 0.25) is 5.02 Å². The molecule has 2 heterocycles. The number of hydrogen-bond acceptors (Lipinski definition) is 6. The second-order valence-corrected chi connectivity index (χ2v) is 8.63. The monoisotopic (exact) mass is 442 g/mol. The van der Waals surface area contributed by atoms with Gasteiger partial charge in [0.15, 0.2) is 0 Å². The number of anilines is 2. The van der Waals surface area contributed by atoms with Crippen LogP contribution in [0, 0.1) is 6.92 Å². The number of nitrogens with one attached hydrogen (secondary N) is 1. The van der Waals surface area contributed by atoms with Crippen LogP contribution in [-0.2, 0) is 4.79 Å². The third-order valence-electron chi connectivity index (χ3n) is 4.98. The maximum Gasteiger partial charge on any atom is 0.234 e. The largest absolute Gasteiger partial charge is 0.370 e. The van der Waals surface area contributed by atoms with E-state index in [1.165, 1.54) is 18.2 Å². The van der Waals surface area contributed by atoms with E-state index >= 15 is 0 Å². The molecule has 0 spiro atoms. The molecule has 0 unspecified atom stereocenters. The third-order valence-corrected chi connectivity index (χ3v) is 6.14. The first kappa shape index (κ1) is 20.7. The summed E-state index contributed by atoms with van der Waals surface area (Å²) in [6.45, 7) is 4.01. The lowest BCUT2D eigenvalue weighted by molar-refractivity contribution is -0.113. The van der Waals surface area contributed by atoms with Crippen molar-refractivity contribution in [3.63, 3.8) is 0 Å². The fraction of sp³-hybridized carbons (Fsp3) is 0.333. The van der Waals surface area contributed by atoms with E-state index < -0.39 is 0 Å². The summed E-state index contributed by atoms with van der Waals surface area (Å²) in [5, 5.41) is 16.0. The number of rotatable bonds is 6. The highest BCUT2D eigenvalue weighted by Gasteiger charge is 2.17. The van der Waals surface area contributed by atoms with E-state index in [0.29, 0.717) is 10.2 Å². The Bertz CT molecular complexity index is 1020. The second-order valence-electron chi connectivity index (χ2n) is 7.25. The lowest BCUT2D eigenvalue weighted by Gasteiger charge is -2.30. The van der Waals surface area contributed by atoms with Crippen molar-refractivity contribution in [3.05, 3.63) is 53.1 Å². The summed E-state index contributed by atoms with van der Waals surface area (Å²) in [6.07, 6.45) is 3.57. The van der Waals surface area contributed by atoms with Crippen LogP contribution in [0.25, 0.3) is 5.69 Å². The molecule has 1 fully saturated rings. The zero-order valence-corrected chi connectivity index (χ0v) is 18.3. The van der Waals surface area contributed by atoms with Gasteiger partial charge in [0, 0.05) is 18.1 Å². The lowest BCUT2D eigenvalue weighted by Crippen LogP contribution is -2.30. The SMILES string of the molecule is Cc1ccc(-n2nnnc2SCC(=O)Nc2cc(Cl)ccc2N2CCCCC2)cc1. The van der Waals surface area contributed by atoms with Crippen LogP contribution in [0.1, 0.15) is 24.8 Å². The molecule has 1 N–H and O–H groups in total. The molecule has 3 aromatic rings. The standard InChI is InChI=1S/C21H23ClN6OS/c1-15-5-8-17(9-6-15)28-21(24-25-26-28)30-14-20(29)23-18-13-16(22)7-10-19(18)27-11-3-2-4-12-27/h5-10,13H,2-4,11-12,14H2,1H3,(H,23,29). The molecule has 7 nitrogen and oxygen atoms in total. The predicted molar refractivity (Wildman–Crippen MR) is 121 cm³/mol. The van der Waals surface area contributed by atoms with Crippen LogP contribution in [0.15, 0.2) is 47.6 Å². The Kier molecular flexibility index (Phi) is 6.54. The van der Waals surface area contributed by atoms with Crippen LogP contribution in [-0.4, -0.2) is 45.0 Å². The molecule has 30 heavy (non-hydrogen) atoms. The van der Waals surface area contributed by atoms with E-state index in [1.807, 2.05) is 49.4 Å². The summed E-state index contributed by atoms with van der Waals surface area (Å²) < 4.78 is 1.63. The summed E-state index contributed by atoms with van der Waals surface area (Å²) >= 11 is 7.49. The average Bonchev–Trinajstić information content (AvgIpc) is 3.22. The van der Waals surface area contributed by atoms with Crippen molar-refractivity contribution < 1.29 is 4.79 Å². The minimum atomic E-state index is -0.126. The summed E-state index contributed by atoms with van der Waals surface area (Å²) in [6, 6.07) is 13.6. The minimum absolute atomic E-state index is 0.126. The van der Waals surface area contributed by atoms with Gasteiger partial charge in [0.1, 0.15) is 0 Å². The van der Waals surface area contributed by atoms with Gasteiger partial charge in [0.25, 0.3) is 0 Å². The Morgan fingerprint density at radius 2 is 1.90 bits per heavy atom. The molecule has 1 saturated heterocycles. The van der Waals surface area contributed by atoms with E-state index in [9.17, 15) is 4.79 Å². The van der Waals surface area contributed by atoms with Gasteiger partial charge in [-0.05, 0) is 66.9 Å². The van der Waals surface area contributed by atoms with E-state index in [4.69, 9.17) is 11.6 Å². The molecule has 0 saturated carbocycles. The molecule has 156 valence electrons. The molecule has 0 atom stereocenters. The van der Waals surface area contributed by atoms with Gasteiger partial charge in [0.05, 0.1) is 22.8 Å². The molecule has 1 aliphatic rings. The van der Waals surface area contributed by atoms with Crippen molar-refractivity contribution in [1.29, 1.82) is 0 Å². The maximum absolute atomic E-state index is 12.7. The Labute approximate surface area is 184 Å². The van der Waals surface area contributed by atoms with E-state index in [-0.39, 0.29) is 11.7 Å². The summed E-state index contributed by atoms with van der Waals surface area (Å²) in [5.74, 6) is 0.0667. The number of amides is 1. The van der Waals surface area contributed by atoms with Crippen molar-refractivity contribution >= 4 is 40.6 Å². The zero-order chi connectivity index (χ0) is 20.9. The summed E-state index contributed by atoms with van der Waals surface area (Å²) in [4.78, 5) is 15.0. The van der Waals surface area contributed by atoms with Gasteiger partial charge < -0.3 is 10.2 Å². The van der Waals surface area contributed by atoms with E-state index in [1.54, 1.807) is 4.68 Å². The highest BCUT2D eigenvalue weighted by atomic mass is 35.5. The molecule has 9 heteroatoms. The number of hydrogen-bond donors (Lipinski definition) is 1. The number of nitrogens with zero attached hydrogens (tertiary/aromatic N) is 5. The topological polar surface area (TPSA) is 75.9 Å². The van der Waals surface area contributed by atoms with Crippen LogP contribution < -0.4 is 10.2 Å². The predicted octanol–water partition coefficient (Wildman–Crippen LogP) is 4.35. The number of benzene rings is 2. The molecule has 0 radical (unpaired) electrons. The molecule has 1 aliphatic heterocycles. The number of carbonyl (C=O) groups excluding carboxylic acids is 1. The Morgan fingerprint density at radius 1 is 1.13 bits per heavy atom. The lowest BCUT2D eigenvalue weighted by atomic mass is 10.1. The van der Waals surface area contributed by atoms with Crippen molar-refractivity contribution in [2.45, 2.75) is 31.3 Å². The van der Waals surface area contributed by atoms with Crippen molar-refractivity contribution in [1.82, 2.24) is 20.2 Å². The summed E-state index contributed by atoms with van der Waals surface area (Å²) in [5.41, 5.74) is 3.78. The van der Waals surface area contributed by atoms with Crippen LogP contribution in [0.4, 0.5) is 11.4 Å². The molecular weight excluding hydrogens is 420 g/mol. The van der Waals surface area contributed by atoms with Gasteiger partial charge in [-0.1, -0.05) is 41.1 Å². The highest BCUT2D eigenvalue weighted by molar-refractivity contribution is 7.99.